The molecule has 3 rings (SSSR count). The molecule has 0 radical (unpaired) electrons. The van der Waals surface area contributed by atoms with Crippen LogP contribution in [0.5, 0.6) is 5.75 Å². The SMILES string of the molecule is COc1ccc(C2(O)CC3CCCC(C2)S3=O)cc1. The van der Waals surface area contributed by atoms with Gasteiger partial charge in [-0.15, -0.1) is 0 Å². The van der Waals surface area contributed by atoms with E-state index in [4.69, 9.17) is 4.74 Å². The predicted octanol–water partition coefficient (Wildman–Crippen LogP) is 2.35. The molecule has 2 aliphatic rings. The summed E-state index contributed by atoms with van der Waals surface area (Å²) in [6.07, 6.45) is 4.38. The molecule has 2 unspecified atom stereocenters. The highest BCUT2D eigenvalue weighted by Gasteiger charge is 2.46. The van der Waals surface area contributed by atoms with E-state index in [1.165, 1.54) is 0 Å². The van der Waals surface area contributed by atoms with Crippen molar-refractivity contribution in [3.05, 3.63) is 29.8 Å². The second-order valence-electron chi connectivity index (χ2n) is 5.67. The number of hydrogen-bond acceptors (Lipinski definition) is 3. The first-order valence-electron chi connectivity index (χ1n) is 6.89. The Morgan fingerprint density at radius 2 is 1.79 bits per heavy atom. The molecule has 104 valence electrons. The monoisotopic (exact) mass is 280 g/mol. The standard InChI is InChI=1S/C15H20O3S/c1-18-12-7-5-11(6-8-12)15(16)9-13-3-2-4-14(10-15)19(13)17/h5-8,13-14,16H,2-4,9-10H2,1H3. The molecule has 2 saturated heterocycles. The largest absolute Gasteiger partial charge is 0.497 e. The van der Waals surface area contributed by atoms with Crippen molar-refractivity contribution in [2.45, 2.75) is 48.2 Å². The molecular formula is C15H20O3S. The van der Waals surface area contributed by atoms with Crippen molar-refractivity contribution in [3.8, 4) is 5.75 Å². The molecule has 3 nitrogen and oxygen atoms in total. The van der Waals surface area contributed by atoms with Crippen LogP contribution >= 0.6 is 0 Å². The minimum absolute atomic E-state index is 0.166. The van der Waals surface area contributed by atoms with E-state index in [0.29, 0.717) is 12.8 Å². The lowest BCUT2D eigenvalue weighted by Gasteiger charge is -2.43. The second kappa shape index (κ2) is 4.91. The van der Waals surface area contributed by atoms with E-state index in [1.54, 1.807) is 7.11 Å². The summed E-state index contributed by atoms with van der Waals surface area (Å²) in [5, 5.41) is 11.3. The molecule has 19 heavy (non-hydrogen) atoms. The zero-order valence-electron chi connectivity index (χ0n) is 11.2. The van der Waals surface area contributed by atoms with Crippen LogP contribution in [0.4, 0.5) is 0 Å². The Hall–Kier alpha value is -0.870. The van der Waals surface area contributed by atoms with Crippen LogP contribution < -0.4 is 4.74 Å². The minimum atomic E-state index is -0.810. The fourth-order valence-electron chi connectivity index (χ4n) is 3.42. The van der Waals surface area contributed by atoms with E-state index >= 15 is 0 Å². The van der Waals surface area contributed by atoms with Crippen LogP contribution in [-0.2, 0) is 16.4 Å². The molecular weight excluding hydrogens is 260 g/mol. The lowest BCUT2D eigenvalue weighted by molar-refractivity contribution is 0.00651. The van der Waals surface area contributed by atoms with Gasteiger partial charge in [0.05, 0.1) is 12.7 Å². The number of aliphatic hydroxyl groups is 1. The van der Waals surface area contributed by atoms with Gasteiger partial charge in [-0.05, 0) is 43.4 Å². The second-order valence-corrected chi connectivity index (χ2v) is 7.66. The summed E-state index contributed by atoms with van der Waals surface area (Å²) in [5.74, 6) is 0.798. The lowest BCUT2D eigenvalue weighted by Crippen LogP contribution is -2.47. The summed E-state index contributed by atoms with van der Waals surface area (Å²) < 4.78 is 17.4. The van der Waals surface area contributed by atoms with Gasteiger partial charge in [-0.3, -0.25) is 4.21 Å². The summed E-state index contributed by atoms with van der Waals surface area (Å²) in [4.78, 5) is 0. The molecule has 1 aromatic rings. The number of rotatable bonds is 2. The van der Waals surface area contributed by atoms with Crippen molar-refractivity contribution < 1.29 is 14.1 Å². The third-order valence-corrected chi connectivity index (χ3v) is 6.59. The van der Waals surface area contributed by atoms with Gasteiger partial charge in [0.15, 0.2) is 0 Å². The van der Waals surface area contributed by atoms with Gasteiger partial charge in [0.25, 0.3) is 0 Å². The van der Waals surface area contributed by atoms with Crippen LogP contribution in [0.15, 0.2) is 24.3 Å². The van der Waals surface area contributed by atoms with E-state index in [0.717, 1.165) is 30.6 Å². The van der Waals surface area contributed by atoms with Crippen LogP contribution in [0.2, 0.25) is 0 Å². The van der Waals surface area contributed by atoms with Gasteiger partial charge >= 0.3 is 0 Å². The summed E-state index contributed by atoms with van der Waals surface area (Å²) in [6.45, 7) is 0. The average Bonchev–Trinajstić information content (AvgIpc) is 2.41. The predicted molar refractivity (Wildman–Crippen MR) is 75.7 cm³/mol. The Bertz CT molecular complexity index is 467. The maximum atomic E-state index is 12.2. The molecule has 2 heterocycles. The highest BCUT2D eigenvalue weighted by Crippen LogP contribution is 2.44. The van der Waals surface area contributed by atoms with Gasteiger partial charge in [-0.1, -0.05) is 18.6 Å². The lowest BCUT2D eigenvalue weighted by atomic mass is 9.80. The zero-order valence-corrected chi connectivity index (χ0v) is 12.0. The summed E-state index contributed by atoms with van der Waals surface area (Å²) >= 11 is 0. The smallest absolute Gasteiger partial charge is 0.118 e. The number of methoxy groups -OCH3 is 1. The van der Waals surface area contributed by atoms with E-state index in [2.05, 4.69) is 0 Å². The number of ether oxygens (including phenoxy) is 1. The molecule has 0 aliphatic carbocycles. The highest BCUT2D eigenvalue weighted by atomic mass is 32.2. The van der Waals surface area contributed by atoms with Crippen LogP contribution in [0, 0.1) is 0 Å². The van der Waals surface area contributed by atoms with Crippen molar-refractivity contribution in [3.63, 3.8) is 0 Å². The third kappa shape index (κ3) is 2.32. The maximum absolute atomic E-state index is 12.2. The van der Waals surface area contributed by atoms with E-state index in [9.17, 15) is 9.32 Å². The fraction of sp³-hybridized carbons (Fsp3) is 0.600. The molecule has 0 saturated carbocycles. The molecule has 2 aliphatic heterocycles. The van der Waals surface area contributed by atoms with Crippen LogP contribution in [0.25, 0.3) is 0 Å². The number of hydrogen-bond donors (Lipinski definition) is 1. The topological polar surface area (TPSA) is 46.5 Å². The first-order chi connectivity index (χ1) is 9.12. The van der Waals surface area contributed by atoms with Gasteiger partial charge in [-0.25, -0.2) is 0 Å². The molecule has 1 N–H and O–H groups in total. The summed E-state index contributed by atoms with van der Waals surface area (Å²) in [5.41, 5.74) is 0.123. The van der Waals surface area contributed by atoms with Crippen molar-refractivity contribution in [1.29, 1.82) is 0 Å². The quantitative estimate of drug-likeness (QED) is 0.904. The molecule has 0 aromatic heterocycles. The van der Waals surface area contributed by atoms with Crippen molar-refractivity contribution >= 4 is 10.8 Å². The molecule has 2 atom stereocenters. The zero-order chi connectivity index (χ0) is 13.5. The summed E-state index contributed by atoms with van der Waals surface area (Å²) in [6, 6.07) is 7.63. The van der Waals surface area contributed by atoms with E-state index in [-0.39, 0.29) is 10.5 Å². The van der Waals surface area contributed by atoms with Crippen LogP contribution in [-0.4, -0.2) is 26.9 Å². The molecule has 0 amide bonds. The van der Waals surface area contributed by atoms with Crippen molar-refractivity contribution in [2.75, 3.05) is 7.11 Å². The normalized spacial score (nSPS) is 37.9. The van der Waals surface area contributed by atoms with Gasteiger partial charge in [-0.2, -0.15) is 0 Å². The Labute approximate surface area is 116 Å². The first-order valence-corrected chi connectivity index (χ1v) is 8.16. The molecule has 2 bridgehead atoms. The number of fused-ring (bicyclic) bond motifs is 2. The van der Waals surface area contributed by atoms with Gasteiger partial charge in [0, 0.05) is 21.3 Å². The Morgan fingerprint density at radius 1 is 1.21 bits per heavy atom. The third-order valence-electron chi connectivity index (χ3n) is 4.47. The maximum Gasteiger partial charge on any atom is 0.118 e. The van der Waals surface area contributed by atoms with Crippen LogP contribution in [0.1, 0.15) is 37.7 Å². The molecule has 1 aromatic carbocycles. The van der Waals surface area contributed by atoms with Gasteiger partial charge < -0.3 is 9.84 Å². The van der Waals surface area contributed by atoms with E-state index < -0.39 is 16.4 Å². The van der Waals surface area contributed by atoms with E-state index in [1.807, 2.05) is 24.3 Å². The minimum Gasteiger partial charge on any atom is -0.497 e. The molecule has 2 fully saturated rings. The molecule has 4 heteroatoms. The van der Waals surface area contributed by atoms with Crippen molar-refractivity contribution in [1.82, 2.24) is 0 Å². The van der Waals surface area contributed by atoms with Crippen LogP contribution in [0.3, 0.4) is 0 Å². The number of benzene rings is 1. The van der Waals surface area contributed by atoms with Gasteiger partial charge in [0.2, 0.25) is 0 Å². The first kappa shape index (κ1) is 13.1. The molecule has 0 spiro atoms. The average molecular weight is 280 g/mol. The summed E-state index contributed by atoms with van der Waals surface area (Å²) in [7, 11) is 0.890. The Kier molecular flexibility index (Phi) is 3.39. The van der Waals surface area contributed by atoms with Crippen molar-refractivity contribution in [2.24, 2.45) is 0 Å². The van der Waals surface area contributed by atoms with Gasteiger partial charge in [0.1, 0.15) is 5.75 Å². The highest BCUT2D eigenvalue weighted by molar-refractivity contribution is 7.86. The Morgan fingerprint density at radius 3 is 2.32 bits per heavy atom. The fourth-order valence-corrected chi connectivity index (χ4v) is 5.64. The Balaban J connectivity index is 1.88.